The Morgan fingerprint density at radius 2 is 1.81 bits per heavy atom. The lowest BCUT2D eigenvalue weighted by Gasteiger charge is -2.40. The van der Waals surface area contributed by atoms with Crippen molar-refractivity contribution >= 4 is 17.9 Å². The van der Waals surface area contributed by atoms with Crippen LogP contribution in [0.1, 0.15) is 32.8 Å². The smallest absolute Gasteiger partial charge is 0.328 e. The van der Waals surface area contributed by atoms with Crippen molar-refractivity contribution in [3.63, 3.8) is 0 Å². The highest BCUT2D eigenvalue weighted by atomic mass is 19.1. The zero-order valence-corrected chi connectivity index (χ0v) is 18.3. The van der Waals surface area contributed by atoms with Crippen LogP contribution in [-0.2, 0) is 16.1 Å². The van der Waals surface area contributed by atoms with Crippen molar-refractivity contribution in [2.24, 2.45) is 4.99 Å². The van der Waals surface area contributed by atoms with Gasteiger partial charge in [0.25, 0.3) is 5.91 Å². The molecule has 0 radical (unpaired) electrons. The molecule has 1 saturated heterocycles. The van der Waals surface area contributed by atoms with Crippen LogP contribution in [0, 0.1) is 5.82 Å². The summed E-state index contributed by atoms with van der Waals surface area (Å²) in [5.41, 5.74) is 2.70. The summed E-state index contributed by atoms with van der Waals surface area (Å²) in [5, 5.41) is 0. The van der Waals surface area contributed by atoms with E-state index in [1.807, 2.05) is 25.7 Å². The Morgan fingerprint density at radius 1 is 1.10 bits per heavy atom. The molecule has 2 atom stereocenters. The molecule has 0 bridgehead atoms. The molecular formula is C22H28FN5O3. The van der Waals surface area contributed by atoms with Gasteiger partial charge in [-0.1, -0.05) is 12.1 Å². The van der Waals surface area contributed by atoms with E-state index in [0.717, 1.165) is 24.4 Å². The number of nitrogens with zero attached hydrogens (tertiary/aromatic N) is 5. The molecule has 3 aliphatic heterocycles. The number of aliphatic imine (C=N–C) groups is 1. The number of carbonyl (C=O) groups excluding carboxylic acids is 2. The number of likely N-dealkylation sites (N-methyl/N-ethyl adjacent to an activating group) is 1. The first-order valence-corrected chi connectivity index (χ1v) is 10.6. The van der Waals surface area contributed by atoms with Gasteiger partial charge < -0.3 is 14.5 Å². The highest BCUT2D eigenvalue weighted by Crippen LogP contribution is 2.38. The number of rotatable bonds is 7. The van der Waals surface area contributed by atoms with E-state index in [1.54, 1.807) is 19.2 Å². The van der Waals surface area contributed by atoms with Crippen molar-refractivity contribution in [2.45, 2.75) is 45.9 Å². The Morgan fingerprint density at radius 3 is 2.48 bits per heavy atom. The molecule has 0 N–H and O–H groups in total. The van der Waals surface area contributed by atoms with Crippen LogP contribution in [0.5, 0.6) is 0 Å². The Labute approximate surface area is 181 Å². The molecule has 0 aromatic heterocycles. The average Bonchev–Trinajstić information content (AvgIpc) is 3.25. The van der Waals surface area contributed by atoms with Gasteiger partial charge in [0.15, 0.2) is 12.2 Å². The number of benzene rings is 1. The van der Waals surface area contributed by atoms with E-state index in [2.05, 4.69) is 4.90 Å². The highest BCUT2D eigenvalue weighted by Gasteiger charge is 2.55. The Bertz CT molecular complexity index is 945. The van der Waals surface area contributed by atoms with E-state index in [-0.39, 0.29) is 18.3 Å². The summed E-state index contributed by atoms with van der Waals surface area (Å²) in [6.45, 7) is 8.11. The number of halogens is 1. The van der Waals surface area contributed by atoms with Gasteiger partial charge in [-0.05, 0) is 44.9 Å². The molecule has 8 nitrogen and oxygen atoms in total. The average molecular weight is 429 g/mol. The van der Waals surface area contributed by atoms with Crippen molar-refractivity contribution in [2.75, 3.05) is 26.8 Å². The van der Waals surface area contributed by atoms with Gasteiger partial charge in [0, 0.05) is 38.2 Å². The second-order valence-corrected chi connectivity index (χ2v) is 7.97. The van der Waals surface area contributed by atoms with E-state index in [0.29, 0.717) is 24.7 Å². The molecule has 9 heteroatoms. The predicted molar refractivity (Wildman–Crippen MR) is 113 cm³/mol. The summed E-state index contributed by atoms with van der Waals surface area (Å²) in [4.78, 5) is 38.0. The summed E-state index contributed by atoms with van der Waals surface area (Å²) in [6.07, 6.45) is 0.261. The third-order valence-electron chi connectivity index (χ3n) is 6.13. The van der Waals surface area contributed by atoms with Gasteiger partial charge in [-0.15, -0.1) is 0 Å². The molecule has 3 aliphatic rings. The minimum Gasteiger partial charge on any atom is -0.382 e. The summed E-state index contributed by atoms with van der Waals surface area (Å²) in [6, 6.07) is 4.82. The summed E-state index contributed by atoms with van der Waals surface area (Å²) >= 11 is 0. The fourth-order valence-corrected chi connectivity index (χ4v) is 4.34. The molecule has 3 amide bonds. The maximum atomic E-state index is 13.5. The van der Waals surface area contributed by atoms with Crippen LogP contribution in [0.15, 0.2) is 40.7 Å². The second-order valence-electron chi connectivity index (χ2n) is 7.97. The SMILES string of the molecule is CCOCCCN1C2=NC3C(C(=O)N(Cc4ccc(F)cc4)C(=O)N3C)N2C(C)=C1C. The maximum Gasteiger partial charge on any atom is 0.328 e. The fraction of sp³-hybridized carbons (Fsp3) is 0.500. The molecule has 1 aromatic rings. The summed E-state index contributed by atoms with van der Waals surface area (Å²) < 4.78 is 18.7. The Balaban J connectivity index is 1.58. The van der Waals surface area contributed by atoms with E-state index >= 15 is 0 Å². The van der Waals surface area contributed by atoms with Crippen molar-refractivity contribution in [3.8, 4) is 0 Å². The van der Waals surface area contributed by atoms with Crippen molar-refractivity contribution < 1.29 is 18.7 Å². The minimum atomic E-state index is -0.606. The van der Waals surface area contributed by atoms with Crippen molar-refractivity contribution in [1.29, 1.82) is 0 Å². The Hall–Kier alpha value is -2.94. The number of urea groups is 1. The van der Waals surface area contributed by atoms with Gasteiger partial charge in [0.05, 0.1) is 6.54 Å². The molecule has 31 heavy (non-hydrogen) atoms. The van der Waals surface area contributed by atoms with E-state index in [1.165, 1.54) is 21.9 Å². The Kier molecular flexibility index (Phi) is 5.70. The van der Waals surface area contributed by atoms with E-state index in [4.69, 9.17) is 9.73 Å². The largest absolute Gasteiger partial charge is 0.382 e. The number of ether oxygens (including phenoxy) is 1. The molecule has 1 fully saturated rings. The lowest BCUT2D eigenvalue weighted by atomic mass is 10.1. The van der Waals surface area contributed by atoms with Crippen LogP contribution >= 0.6 is 0 Å². The molecule has 166 valence electrons. The van der Waals surface area contributed by atoms with Gasteiger partial charge >= 0.3 is 6.03 Å². The van der Waals surface area contributed by atoms with Crippen LogP contribution in [0.4, 0.5) is 9.18 Å². The summed E-state index contributed by atoms with van der Waals surface area (Å²) in [5.74, 6) is 0.0569. The van der Waals surface area contributed by atoms with Gasteiger partial charge in [-0.25, -0.2) is 14.2 Å². The molecule has 0 spiro atoms. The van der Waals surface area contributed by atoms with Crippen LogP contribution < -0.4 is 0 Å². The van der Waals surface area contributed by atoms with E-state index < -0.39 is 18.2 Å². The molecule has 0 saturated carbocycles. The van der Waals surface area contributed by atoms with Crippen molar-refractivity contribution in [1.82, 2.24) is 19.6 Å². The quantitative estimate of drug-likeness (QED) is 0.624. The first-order chi connectivity index (χ1) is 14.8. The number of hydrogen-bond acceptors (Lipinski definition) is 6. The van der Waals surface area contributed by atoms with Gasteiger partial charge in [0.2, 0.25) is 5.96 Å². The molecule has 3 heterocycles. The zero-order chi connectivity index (χ0) is 22.3. The lowest BCUT2D eigenvalue weighted by molar-refractivity contribution is -0.137. The molecular weight excluding hydrogens is 401 g/mol. The van der Waals surface area contributed by atoms with Crippen LogP contribution in [0.25, 0.3) is 0 Å². The van der Waals surface area contributed by atoms with E-state index in [9.17, 15) is 14.0 Å². The third kappa shape index (κ3) is 3.56. The topological polar surface area (TPSA) is 68.7 Å². The number of allylic oxidation sites excluding steroid dienone is 2. The second kappa shape index (κ2) is 8.30. The number of imide groups is 1. The van der Waals surface area contributed by atoms with Crippen LogP contribution in [0.3, 0.4) is 0 Å². The first kappa shape index (κ1) is 21.3. The number of carbonyl (C=O) groups is 2. The normalized spacial score (nSPS) is 23.1. The molecule has 0 aliphatic carbocycles. The highest BCUT2D eigenvalue weighted by molar-refractivity contribution is 6.05. The monoisotopic (exact) mass is 429 g/mol. The van der Waals surface area contributed by atoms with Gasteiger partial charge in [0.1, 0.15) is 5.82 Å². The van der Waals surface area contributed by atoms with Crippen molar-refractivity contribution in [3.05, 3.63) is 47.0 Å². The number of fused-ring (bicyclic) bond motifs is 3. The molecule has 1 aromatic carbocycles. The minimum absolute atomic E-state index is 0.0918. The zero-order valence-electron chi connectivity index (χ0n) is 18.3. The first-order valence-electron chi connectivity index (χ1n) is 10.6. The number of amides is 3. The molecule has 4 rings (SSSR count). The standard InChI is InChI=1S/C22H28FN5O3/c1-5-31-12-6-11-26-14(2)15(3)28-18-19(24-21(26)28)25(4)22(30)27(20(18)29)13-16-7-9-17(23)10-8-16/h7-10,18-19H,5-6,11-13H2,1-4H3. The predicted octanol–water partition coefficient (Wildman–Crippen LogP) is 2.58. The number of hydrogen-bond donors (Lipinski definition) is 0. The molecule has 2 unspecified atom stereocenters. The van der Waals surface area contributed by atoms with Crippen LogP contribution in [-0.4, -0.2) is 76.5 Å². The lowest BCUT2D eigenvalue weighted by Crippen LogP contribution is -2.64. The number of guanidine groups is 1. The maximum absolute atomic E-state index is 13.5. The third-order valence-corrected chi connectivity index (χ3v) is 6.13. The van der Waals surface area contributed by atoms with Gasteiger partial charge in [-0.3, -0.25) is 14.6 Å². The summed E-state index contributed by atoms with van der Waals surface area (Å²) in [7, 11) is 1.67. The van der Waals surface area contributed by atoms with Crippen LogP contribution in [0.2, 0.25) is 0 Å². The fourth-order valence-electron chi connectivity index (χ4n) is 4.34. The van der Waals surface area contributed by atoms with Gasteiger partial charge in [-0.2, -0.15) is 0 Å².